The largest absolute Gasteiger partial charge is 0.396 e. The Morgan fingerprint density at radius 1 is 1.28 bits per heavy atom. The fraction of sp³-hybridized carbons (Fsp3) is 0.316. The molecule has 3 nitrogen and oxygen atoms in total. The summed E-state index contributed by atoms with van der Waals surface area (Å²) in [6, 6.07) is 11.2. The fourth-order valence-electron chi connectivity index (χ4n) is 2.90. The van der Waals surface area contributed by atoms with E-state index in [0.717, 1.165) is 28.7 Å². The molecule has 3 rings (SSSR count). The number of aliphatic hydroxyl groups is 1. The molecule has 0 bridgehead atoms. The number of halogens is 2. The lowest BCUT2D eigenvalue weighted by Crippen LogP contribution is -2.37. The average Bonchev–Trinajstić information content (AvgIpc) is 3.05. The van der Waals surface area contributed by atoms with Crippen molar-refractivity contribution in [1.82, 2.24) is 5.32 Å². The Balaban J connectivity index is 1.55. The molecule has 1 amide bonds. The summed E-state index contributed by atoms with van der Waals surface area (Å²) in [5.74, 6) is -1.49. The molecule has 0 spiro atoms. The summed E-state index contributed by atoms with van der Waals surface area (Å²) < 4.78 is 27.0. The van der Waals surface area contributed by atoms with E-state index in [-0.39, 0.29) is 42.2 Å². The van der Waals surface area contributed by atoms with E-state index >= 15 is 0 Å². The highest BCUT2D eigenvalue weighted by molar-refractivity contribution is 8.01. The van der Waals surface area contributed by atoms with Crippen LogP contribution < -0.4 is 5.32 Å². The van der Waals surface area contributed by atoms with Crippen molar-refractivity contribution in [3.05, 3.63) is 65.2 Å². The van der Waals surface area contributed by atoms with Gasteiger partial charge in [-0.2, -0.15) is 0 Å². The summed E-state index contributed by atoms with van der Waals surface area (Å²) in [5, 5.41) is 12.1. The van der Waals surface area contributed by atoms with Crippen LogP contribution in [0, 0.1) is 17.6 Å². The molecule has 2 aromatic rings. The van der Waals surface area contributed by atoms with Crippen molar-refractivity contribution in [2.75, 3.05) is 13.2 Å². The first-order valence-corrected chi connectivity index (χ1v) is 9.02. The van der Waals surface area contributed by atoms with Crippen LogP contribution in [0.5, 0.6) is 0 Å². The van der Waals surface area contributed by atoms with Crippen molar-refractivity contribution >= 4 is 17.7 Å². The quantitative estimate of drug-likeness (QED) is 0.830. The average molecular weight is 363 g/mol. The second-order valence-electron chi connectivity index (χ2n) is 6.15. The van der Waals surface area contributed by atoms with E-state index in [0.29, 0.717) is 6.42 Å². The van der Waals surface area contributed by atoms with Gasteiger partial charge in [0.2, 0.25) is 5.91 Å². The molecule has 0 saturated heterocycles. The number of hydrogen-bond donors (Lipinski definition) is 2. The van der Waals surface area contributed by atoms with Gasteiger partial charge in [0.1, 0.15) is 11.6 Å². The molecule has 1 heterocycles. The van der Waals surface area contributed by atoms with Crippen LogP contribution in [-0.4, -0.2) is 29.4 Å². The molecule has 25 heavy (non-hydrogen) atoms. The van der Waals surface area contributed by atoms with E-state index in [9.17, 15) is 18.7 Å². The van der Waals surface area contributed by atoms with Crippen LogP contribution in [0.15, 0.2) is 47.4 Å². The molecule has 1 aliphatic heterocycles. The summed E-state index contributed by atoms with van der Waals surface area (Å²) in [7, 11) is 0. The number of benzene rings is 2. The standard InChI is InChI=1S/C19H19F2NO2S/c20-15-5-6-16(21)14(8-15)7-12(11-23)10-22-19(24)18-9-13-3-1-2-4-17(13)25-18/h1-6,8,12,18,23H,7,9-11H2,(H,22,24)/t12-,18-/m1/s1. The van der Waals surface area contributed by atoms with Crippen LogP contribution in [0.3, 0.4) is 0 Å². The first kappa shape index (κ1) is 17.9. The lowest BCUT2D eigenvalue weighted by molar-refractivity contribution is -0.120. The molecule has 1 aliphatic rings. The van der Waals surface area contributed by atoms with Gasteiger partial charge in [0, 0.05) is 24.0 Å². The number of aliphatic hydroxyl groups excluding tert-OH is 1. The minimum atomic E-state index is -0.516. The number of carbonyl (C=O) groups excluding carboxylic acids is 1. The van der Waals surface area contributed by atoms with Gasteiger partial charge >= 0.3 is 0 Å². The van der Waals surface area contributed by atoms with Gasteiger partial charge in [0.15, 0.2) is 0 Å². The van der Waals surface area contributed by atoms with Gasteiger partial charge in [-0.15, -0.1) is 11.8 Å². The summed E-state index contributed by atoms with van der Waals surface area (Å²) in [4.78, 5) is 13.5. The molecule has 2 N–H and O–H groups in total. The number of carbonyl (C=O) groups is 1. The first-order valence-electron chi connectivity index (χ1n) is 8.14. The zero-order chi connectivity index (χ0) is 17.8. The maximum Gasteiger partial charge on any atom is 0.233 e. The van der Waals surface area contributed by atoms with Crippen LogP contribution in [0.4, 0.5) is 8.78 Å². The van der Waals surface area contributed by atoms with Crippen molar-refractivity contribution in [3.8, 4) is 0 Å². The summed E-state index contributed by atoms with van der Waals surface area (Å²) in [5.41, 5.74) is 1.36. The van der Waals surface area contributed by atoms with Gasteiger partial charge in [0.25, 0.3) is 0 Å². The lowest BCUT2D eigenvalue weighted by Gasteiger charge is -2.17. The Labute approximate surface area is 149 Å². The highest BCUT2D eigenvalue weighted by atomic mass is 32.2. The topological polar surface area (TPSA) is 49.3 Å². The van der Waals surface area contributed by atoms with Crippen LogP contribution >= 0.6 is 11.8 Å². The lowest BCUT2D eigenvalue weighted by atomic mass is 9.99. The van der Waals surface area contributed by atoms with E-state index in [1.54, 1.807) is 0 Å². The van der Waals surface area contributed by atoms with Crippen molar-refractivity contribution in [2.24, 2.45) is 5.92 Å². The molecule has 0 aromatic heterocycles. The smallest absolute Gasteiger partial charge is 0.233 e. The maximum absolute atomic E-state index is 13.7. The Hall–Kier alpha value is -1.92. The van der Waals surface area contributed by atoms with Crippen LogP contribution in [-0.2, 0) is 17.6 Å². The second kappa shape index (κ2) is 7.97. The Bertz CT molecular complexity index is 744. The van der Waals surface area contributed by atoms with Crippen LogP contribution in [0.25, 0.3) is 0 Å². The number of rotatable bonds is 6. The SMILES string of the molecule is O=C(NC[C@H](CO)Cc1cc(F)ccc1F)[C@H]1Cc2ccccc2S1. The molecule has 6 heteroatoms. The predicted molar refractivity (Wildman–Crippen MR) is 93.4 cm³/mol. The number of hydrogen-bond acceptors (Lipinski definition) is 3. The van der Waals surface area contributed by atoms with Crippen molar-refractivity contribution < 1.29 is 18.7 Å². The summed E-state index contributed by atoms with van der Waals surface area (Å²) in [6.07, 6.45) is 0.841. The summed E-state index contributed by atoms with van der Waals surface area (Å²) in [6.45, 7) is 0.00691. The molecule has 0 aliphatic carbocycles. The zero-order valence-corrected chi connectivity index (χ0v) is 14.4. The molecule has 132 valence electrons. The number of fused-ring (bicyclic) bond motifs is 1. The first-order chi connectivity index (χ1) is 12.1. The molecule has 2 aromatic carbocycles. The van der Waals surface area contributed by atoms with Gasteiger partial charge in [-0.3, -0.25) is 4.79 Å². The van der Waals surface area contributed by atoms with Crippen molar-refractivity contribution in [2.45, 2.75) is 23.0 Å². The van der Waals surface area contributed by atoms with Crippen molar-refractivity contribution in [3.63, 3.8) is 0 Å². The van der Waals surface area contributed by atoms with Crippen molar-refractivity contribution in [1.29, 1.82) is 0 Å². The monoisotopic (exact) mass is 363 g/mol. The Morgan fingerprint density at radius 3 is 2.84 bits per heavy atom. The van der Waals surface area contributed by atoms with Crippen LogP contribution in [0.2, 0.25) is 0 Å². The molecule has 0 unspecified atom stereocenters. The third kappa shape index (κ3) is 4.38. The van der Waals surface area contributed by atoms with Gasteiger partial charge in [-0.05, 0) is 48.2 Å². The number of amides is 1. The highest BCUT2D eigenvalue weighted by Crippen LogP contribution is 2.36. The minimum Gasteiger partial charge on any atom is -0.396 e. The summed E-state index contributed by atoms with van der Waals surface area (Å²) >= 11 is 1.53. The highest BCUT2D eigenvalue weighted by Gasteiger charge is 2.28. The van der Waals surface area contributed by atoms with Crippen LogP contribution in [0.1, 0.15) is 11.1 Å². The third-order valence-electron chi connectivity index (χ3n) is 4.28. The number of nitrogens with one attached hydrogen (secondary N) is 1. The fourth-order valence-corrected chi connectivity index (χ4v) is 4.12. The zero-order valence-electron chi connectivity index (χ0n) is 13.5. The Kier molecular flexibility index (Phi) is 5.71. The molecular formula is C19H19F2NO2S. The Morgan fingerprint density at radius 2 is 2.08 bits per heavy atom. The van der Waals surface area contributed by atoms with E-state index in [1.165, 1.54) is 11.8 Å². The predicted octanol–water partition coefficient (Wildman–Crippen LogP) is 2.95. The van der Waals surface area contributed by atoms with Gasteiger partial charge in [-0.1, -0.05) is 18.2 Å². The molecule has 0 radical (unpaired) electrons. The van der Waals surface area contributed by atoms with E-state index in [1.807, 2.05) is 24.3 Å². The normalized spacial score (nSPS) is 17.2. The van der Waals surface area contributed by atoms with Gasteiger partial charge < -0.3 is 10.4 Å². The molecule has 0 fully saturated rings. The maximum atomic E-state index is 13.7. The molecule has 0 saturated carbocycles. The third-order valence-corrected chi connectivity index (χ3v) is 5.60. The van der Waals surface area contributed by atoms with Gasteiger partial charge in [-0.25, -0.2) is 8.78 Å². The second-order valence-corrected chi connectivity index (χ2v) is 7.40. The van der Waals surface area contributed by atoms with E-state index in [2.05, 4.69) is 5.32 Å². The molecule has 2 atom stereocenters. The van der Waals surface area contributed by atoms with Gasteiger partial charge in [0.05, 0.1) is 5.25 Å². The minimum absolute atomic E-state index is 0.0978. The van der Waals surface area contributed by atoms with E-state index in [4.69, 9.17) is 0 Å². The molecular weight excluding hydrogens is 344 g/mol. The number of thioether (sulfide) groups is 1. The van der Waals surface area contributed by atoms with E-state index < -0.39 is 11.6 Å².